The van der Waals surface area contributed by atoms with Crippen LogP contribution in [0.3, 0.4) is 0 Å². The molecule has 0 amide bonds. The van der Waals surface area contributed by atoms with E-state index in [-0.39, 0.29) is 0 Å². The molecule has 0 heterocycles. The maximum atomic E-state index is 2.28. The Morgan fingerprint density at radius 2 is 1.62 bits per heavy atom. The quantitative estimate of drug-likeness (QED) is 0.621. The van der Waals surface area contributed by atoms with Gasteiger partial charge in [-0.3, -0.25) is 0 Å². The van der Waals surface area contributed by atoms with Crippen LogP contribution in [0.5, 0.6) is 0 Å². The molecule has 0 fully saturated rings. The molecule has 0 nitrogen and oxygen atoms in total. The van der Waals surface area contributed by atoms with Crippen molar-refractivity contribution >= 4 is 5.57 Å². The third kappa shape index (κ3) is 2.71. The zero-order chi connectivity index (χ0) is 14.8. The van der Waals surface area contributed by atoms with Gasteiger partial charge in [-0.2, -0.15) is 0 Å². The van der Waals surface area contributed by atoms with Crippen molar-refractivity contribution in [1.29, 1.82) is 0 Å². The number of hydrogen-bond donors (Lipinski definition) is 0. The molecule has 0 saturated heterocycles. The van der Waals surface area contributed by atoms with Crippen molar-refractivity contribution in [3.8, 4) is 11.1 Å². The van der Waals surface area contributed by atoms with Crippen LogP contribution in [0.25, 0.3) is 16.7 Å². The first-order valence-corrected chi connectivity index (χ1v) is 7.70. The van der Waals surface area contributed by atoms with Crippen molar-refractivity contribution in [2.24, 2.45) is 0 Å². The first-order chi connectivity index (χ1) is 10.2. The Labute approximate surface area is 127 Å². The Hall–Kier alpha value is -2.08. The first-order valence-electron chi connectivity index (χ1n) is 7.70. The van der Waals surface area contributed by atoms with E-state index in [1.54, 1.807) is 0 Å². The van der Waals surface area contributed by atoms with Gasteiger partial charge < -0.3 is 0 Å². The van der Waals surface area contributed by atoms with E-state index in [0.717, 1.165) is 12.8 Å². The normalized spacial score (nSPS) is 14.6. The molecular formula is C21H22. The molecule has 0 radical (unpaired) electrons. The van der Waals surface area contributed by atoms with Crippen molar-refractivity contribution in [2.45, 2.75) is 33.6 Å². The third-order valence-corrected chi connectivity index (χ3v) is 4.34. The van der Waals surface area contributed by atoms with Crippen LogP contribution in [0.4, 0.5) is 0 Å². The molecule has 1 aliphatic carbocycles. The summed E-state index contributed by atoms with van der Waals surface area (Å²) in [4.78, 5) is 0. The van der Waals surface area contributed by atoms with Crippen LogP contribution in [-0.4, -0.2) is 0 Å². The van der Waals surface area contributed by atoms with Gasteiger partial charge in [0, 0.05) is 0 Å². The summed E-state index contributed by atoms with van der Waals surface area (Å²) in [7, 11) is 0. The zero-order valence-electron chi connectivity index (χ0n) is 13.1. The minimum Gasteiger partial charge on any atom is -0.0839 e. The second kappa shape index (κ2) is 5.73. The minimum atomic E-state index is 1.14. The van der Waals surface area contributed by atoms with Gasteiger partial charge in [-0.05, 0) is 67.0 Å². The molecule has 0 unspecified atom stereocenters. The Morgan fingerprint density at radius 3 is 2.33 bits per heavy atom. The number of hydrogen-bond acceptors (Lipinski definition) is 0. The van der Waals surface area contributed by atoms with Crippen LogP contribution >= 0.6 is 0 Å². The summed E-state index contributed by atoms with van der Waals surface area (Å²) in [6.45, 7) is 6.60. The topological polar surface area (TPSA) is 0 Å². The van der Waals surface area contributed by atoms with Gasteiger partial charge in [-0.1, -0.05) is 60.2 Å². The van der Waals surface area contributed by atoms with Crippen LogP contribution in [0.2, 0.25) is 0 Å². The smallest absolute Gasteiger partial charge is 0.0106 e. The van der Waals surface area contributed by atoms with E-state index in [2.05, 4.69) is 75.4 Å². The highest BCUT2D eigenvalue weighted by Gasteiger charge is 2.15. The fourth-order valence-electron chi connectivity index (χ4n) is 3.15. The number of rotatable bonds is 2. The molecule has 1 aliphatic rings. The van der Waals surface area contributed by atoms with Crippen molar-refractivity contribution in [1.82, 2.24) is 0 Å². The maximum absolute atomic E-state index is 2.28. The Kier molecular flexibility index (Phi) is 3.79. The Morgan fingerprint density at radius 1 is 0.857 bits per heavy atom. The lowest BCUT2D eigenvalue weighted by Crippen LogP contribution is -1.98. The molecule has 0 saturated carbocycles. The number of allylic oxidation sites excluding steroid dienone is 4. The third-order valence-electron chi connectivity index (χ3n) is 4.34. The van der Waals surface area contributed by atoms with Gasteiger partial charge in [-0.15, -0.1) is 0 Å². The van der Waals surface area contributed by atoms with Gasteiger partial charge in [0.25, 0.3) is 0 Å². The molecule has 0 aliphatic heterocycles. The molecule has 0 N–H and O–H groups in total. The van der Waals surface area contributed by atoms with Gasteiger partial charge in [0.1, 0.15) is 0 Å². The van der Waals surface area contributed by atoms with Gasteiger partial charge in [0.15, 0.2) is 0 Å². The molecule has 0 spiro atoms. The fraction of sp³-hybridized carbons (Fsp3) is 0.238. The molecule has 2 aromatic carbocycles. The molecule has 21 heavy (non-hydrogen) atoms. The largest absolute Gasteiger partial charge is 0.0839 e. The molecule has 0 heteroatoms. The van der Waals surface area contributed by atoms with Crippen LogP contribution in [0.1, 0.15) is 36.5 Å². The van der Waals surface area contributed by atoms with Gasteiger partial charge in [-0.25, -0.2) is 0 Å². The van der Waals surface area contributed by atoms with E-state index >= 15 is 0 Å². The average molecular weight is 274 g/mol. The van der Waals surface area contributed by atoms with Crippen molar-refractivity contribution in [2.75, 3.05) is 0 Å². The Balaban J connectivity index is 2.21. The monoisotopic (exact) mass is 274 g/mol. The van der Waals surface area contributed by atoms with Gasteiger partial charge >= 0.3 is 0 Å². The second-order valence-electron chi connectivity index (χ2n) is 5.97. The lowest BCUT2D eigenvalue weighted by Gasteiger charge is -2.20. The molecule has 2 aromatic rings. The molecule has 0 aromatic heterocycles. The predicted molar refractivity (Wildman–Crippen MR) is 92.3 cm³/mol. The predicted octanol–water partition coefficient (Wildman–Crippen LogP) is 6.09. The summed E-state index contributed by atoms with van der Waals surface area (Å²) in [5, 5.41) is 0. The number of benzene rings is 2. The van der Waals surface area contributed by atoms with E-state index in [9.17, 15) is 0 Å². The second-order valence-corrected chi connectivity index (χ2v) is 5.97. The first kappa shape index (κ1) is 13.9. The highest BCUT2D eigenvalue weighted by atomic mass is 14.2. The standard InChI is InChI=1S/C21H22/c1-15-11-13-18(14-12-15)20-10-6-8-17(3)21(20)19-9-5-4-7-16(19)2/h4,6-8,10-14H,5,9H2,1-3H3. The lowest BCUT2D eigenvalue weighted by atomic mass is 9.85. The summed E-state index contributed by atoms with van der Waals surface area (Å²) in [6, 6.07) is 15.5. The molecule has 3 rings (SSSR count). The van der Waals surface area contributed by atoms with Crippen LogP contribution in [0, 0.1) is 13.8 Å². The highest BCUT2D eigenvalue weighted by molar-refractivity contribution is 5.85. The van der Waals surface area contributed by atoms with E-state index < -0.39 is 0 Å². The van der Waals surface area contributed by atoms with E-state index in [0.29, 0.717) is 0 Å². The summed E-state index contributed by atoms with van der Waals surface area (Å²) in [6.07, 6.45) is 6.84. The van der Waals surface area contributed by atoms with Crippen molar-refractivity contribution < 1.29 is 0 Å². The summed E-state index contributed by atoms with van der Waals surface area (Å²) in [5.74, 6) is 0. The van der Waals surface area contributed by atoms with E-state index in [4.69, 9.17) is 0 Å². The van der Waals surface area contributed by atoms with Gasteiger partial charge in [0.2, 0.25) is 0 Å². The van der Waals surface area contributed by atoms with Crippen molar-refractivity contribution in [3.05, 3.63) is 76.9 Å². The maximum Gasteiger partial charge on any atom is -0.0106 e. The zero-order valence-corrected chi connectivity index (χ0v) is 13.1. The molecule has 106 valence electrons. The van der Waals surface area contributed by atoms with E-state index in [1.165, 1.54) is 39.0 Å². The summed E-state index contributed by atoms with van der Waals surface area (Å²) in [5.41, 5.74) is 9.70. The SMILES string of the molecule is CC1=C(c2c(C)cccc2-c2ccc(C)cc2)CCC=C1. The highest BCUT2D eigenvalue weighted by Crippen LogP contribution is 2.37. The van der Waals surface area contributed by atoms with Gasteiger partial charge in [0.05, 0.1) is 0 Å². The van der Waals surface area contributed by atoms with Crippen LogP contribution in [0.15, 0.2) is 60.2 Å². The minimum absolute atomic E-state index is 1.14. The summed E-state index contributed by atoms with van der Waals surface area (Å²) >= 11 is 0. The van der Waals surface area contributed by atoms with E-state index in [1.807, 2.05) is 0 Å². The molecular weight excluding hydrogens is 252 g/mol. The van der Waals surface area contributed by atoms with Crippen LogP contribution < -0.4 is 0 Å². The molecule has 0 atom stereocenters. The van der Waals surface area contributed by atoms with Crippen LogP contribution in [-0.2, 0) is 0 Å². The average Bonchev–Trinajstić information content (AvgIpc) is 2.49. The lowest BCUT2D eigenvalue weighted by molar-refractivity contribution is 1.03. The van der Waals surface area contributed by atoms with Crippen molar-refractivity contribution in [3.63, 3.8) is 0 Å². The molecule has 0 bridgehead atoms. The number of aryl methyl sites for hydroxylation is 2. The summed E-state index contributed by atoms with van der Waals surface area (Å²) < 4.78 is 0. The Bertz CT molecular complexity index is 712. The fourth-order valence-corrected chi connectivity index (χ4v) is 3.15.